The van der Waals surface area contributed by atoms with E-state index in [1.807, 2.05) is 13.8 Å². The predicted molar refractivity (Wildman–Crippen MR) is 124 cm³/mol. The van der Waals surface area contributed by atoms with Gasteiger partial charge < -0.3 is 9.64 Å². The molecule has 0 aromatic heterocycles. The van der Waals surface area contributed by atoms with Gasteiger partial charge in [-0.15, -0.1) is 6.58 Å². The van der Waals surface area contributed by atoms with Crippen LogP contribution in [0, 0.1) is 0 Å². The van der Waals surface area contributed by atoms with Gasteiger partial charge in [-0.2, -0.15) is 0 Å². The first-order chi connectivity index (χ1) is 14.6. The average Bonchev–Trinajstić information content (AvgIpc) is 2.72. The number of nitrogens with zero attached hydrogens (tertiary/aromatic N) is 2. The first-order valence-corrected chi connectivity index (χ1v) is 11.9. The normalized spacial score (nSPS) is 16.1. The third-order valence-corrected chi connectivity index (χ3v) is 7.43. The molecule has 0 unspecified atom stereocenters. The van der Waals surface area contributed by atoms with Crippen molar-refractivity contribution in [1.29, 1.82) is 0 Å². The van der Waals surface area contributed by atoms with Crippen LogP contribution >= 0.6 is 23.2 Å². The maximum atomic E-state index is 13.5. The number of ether oxygens (including phenoxy) is 1. The van der Waals surface area contributed by atoms with Gasteiger partial charge in [0.1, 0.15) is 0 Å². The van der Waals surface area contributed by atoms with Crippen LogP contribution in [0.15, 0.2) is 60.0 Å². The molecule has 0 aliphatic carbocycles. The van der Waals surface area contributed by atoms with E-state index in [1.165, 1.54) is 28.6 Å². The molecule has 1 saturated heterocycles. The highest BCUT2D eigenvalue weighted by atomic mass is 35.5. The Hall–Kier alpha value is -2.06. The fourth-order valence-corrected chi connectivity index (χ4v) is 5.19. The Morgan fingerprint density at radius 1 is 1.23 bits per heavy atom. The first kappa shape index (κ1) is 23.6. The monoisotopic (exact) mass is 482 g/mol. The number of sulfonamides is 1. The topological polar surface area (TPSA) is 66.9 Å². The van der Waals surface area contributed by atoms with Crippen LogP contribution in [-0.4, -0.2) is 51.1 Å². The van der Waals surface area contributed by atoms with Crippen LogP contribution in [-0.2, 0) is 14.8 Å². The fraction of sp³-hybridized carbons (Fsp3) is 0.318. The zero-order valence-electron chi connectivity index (χ0n) is 17.3. The van der Waals surface area contributed by atoms with Gasteiger partial charge in [0.2, 0.25) is 0 Å². The highest BCUT2D eigenvalue weighted by Crippen LogP contribution is 2.30. The second-order valence-corrected chi connectivity index (χ2v) is 10.5. The van der Waals surface area contributed by atoms with Gasteiger partial charge in [0.15, 0.2) is 0 Å². The van der Waals surface area contributed by atoms with Gasteiger partial charge >= 0.3 is 0 Å². The molecule has 2 aromatic carbocycles. The van der Waals surface area contributed by atoms with Crippen LogP contribution in [0.25, 0.3) is 0 Å². The van der Waals surface area contributed by atoms with Crippen molar-refractivity contribution in [3.8, 4) is 0 Å². The largest absolute Gasteiger partial charge is 0.377 e. The van der Waals surface area contributed by atoms with Gasteiger partial charge in [0.05, 0.1) is 46.5 Å². The van der Waals surface area contributed by atoms with Crippen molar-refractivity contribution in [2.45, 2.75) is 24.3 Å². The Labute approximate surface area is 193 Å². The van der Waals surface area contributed by atoms with E-state index in [-0.39, 0.29) is 27.9 Å². The number of amides is 1. The molecule has 0 spiro atoms. The summed E-state index contributed by atoms with van der Waals surface area (Å²) in [5.74, 6) is -0.336. The smallest absolute Gasteiger partial charge is 0.264 e. The Morgan fingerprint density at radius 3 is 2.52 bits per heavy atom. The van der Waals surface area contributed by atoms with Crippen molar-refractivity contribution >= 4 is 44.8 Å². The highest BCUT2D eigenvalue weighted by molar-refractivity contribution is 7.92. The molecule has 0 bridgehead atoms. The molecule has 0 saturated carbocycles. The van der Waals surface area contributed by atoms with E-state index >= 15 is 0 Å². The second kappa shape index (κ2) is 9.20. The zero-order valence-corrected chi connectivity index (χ0v) is 19.7. The van der Waals surface area contributed by atoms with Gasteiger partial charge in [0, 0.05) is 11.6 Å². The summed E-state index contributed by atoms with van der Waals surface area (Å²) in [5.41, 5.74) is 0.0277. The van der Waals surface area contributed by atoms with Crippen molar-refractivity contribution < 1.29 is 17.9 Å². The molecule has 166 valence electrons. The standard InChI is InChI=1S/C22H24Cl2N2O4S/c1-4-11-26(17-7-5-16(23)6-8-17)31(28,29)18-9-10-20(24)19(14-18)21(27)25-12-13-30-15-22(25,2)3/h4-10,14H,1,11-13,15H2,2-3H3. The summed E-state index contributed by atoms with van der Waals surface area (Å²) in [6, 6.07) is 10.6. The lowest BCUT2D eigenvalue weighted by Crippen LogP contribution is -2.55. The number of rotatable bonds is 6. The number of benzene rings is 2. The van der Waals surface area contributed by atoms with Crippen LogP contribution < -0.4 is 4.31 Å². The van der Waals surface area contributed by atoms with Gasteiger partial charge in [-0.05, 0) is 56.3 Å². The summed E-state index contributed by atoms with van der Waals surface area (Å²) in [6.45, 7) is 8.69. The number of halogens is 2. The maximum Gasteiger partial charge on any atom is 0.264 e. The molecule has 0 N–H and O–H groups in total. The summed E-state index contributed by atoms with van der Waals surface area (Å²) in [4.78, 5) is 14.9. The summed E-state index contributed by atoms with van der Waals surface area (Å²) < 4.78 is 33.6. The molecule has 1 heterocycles. The number of hydrogen-bond donors (Lipinski definition) is 0. The van der Waals surface area contributed by atoms with Crippen LogP contribution in [0.1, 0.15) is 24.2 Å². The van der Waals surface area contributed by atoms with E-state index in [4.69, 9.17) is 27.9 Å². The van der Waals surface area contributed by atoms with Crippen molar-refractivity contribution in [2.24, 2.45) is 0 Å². The van der Waals surface area contributed by atoms with Crippen molar-refractivity contribution in [2.75, 3.05) is 30.6 Å². The van der Waals surface area contributed by atoms with E-state index in [9.17, 15) is 13.2 Å². The van der Waals surface area contributed by atoms with Crippen molar-refractivity contribution in [3.05, 3.63) is 70.7 Å². The van der Waals surface area contributed by atoms with Crippen LogP contribution in [0.3, 0.4) is 0 Å². The predicted octanol–water partition coefficient (Wildman–Crippen LogP) is 4.63. The molecule has 1 aliphatic rings. The zero-order chi connectivity index (χ0) is 22.8. The molecule has 1 aliphatic heterocycles. The van der Waals surface area contributed by atoms with E-state index in [0.717, 1.165) is 0 Å². The van der Waals surface area contributed by atoms with E-state index in [2.05, 4.69) is 6.58 Å². The highest BCUT2D eigenvalue weighted by Gasteiger charge is 2.36. The average molecular weight is 483 g/mol. The van der Waals surface area contributed by atoms with Gasteiger partial charge in [0.25, 0.3) is 15.9 Å². The van der Waals surface area contributed by atoms with Gasteiger partial charge in [-0.1, -0.05) is 29.3 Å². The molecule has 1 fully saturated rings. The third-order valence-electron chi connectivity index (χ3n) is 5.06. The minimum Gasteiger partial charge on any atom is -0.377 e. The third kappa shape index (κ3) is 4.90. The number of morpholine rings is 1. The minimum absolute atomic E-state index is 0.0388. The summed E-state index contributed by atoms with van der Waals surface area (Å²) in [5, 5.41) is 0.681. The van der Waals surface area contributed by atoms with Crippen LogP contribution in [0.2, 0.25) is 10.0 Å². The molecule has 6 nitrogen and oxygen atoms in total. The Bertz CT molecular complexity index is 1090. The second-order valence-electron chi connectivity index (χ2n) is 7.76. The summed E-state index contributed by atoms with van der Waals surface area (Å²) >= 11 is 12.3. The lowest BCUT2D eigenvalue weighted by atomic mass is 10.0. The fourth-order valence-electron chi connectivity index (χ4n) is 3.40. The van der Waals surface area contributed by atoms with E-state index in [0.29, 0.717) is 30.5 Å². The van der Waals surface area contributed by atoms with Crippen molar-refractivity contribution in [3.63, 3.8) is 0 Å². The summed E-state index contributed by atoms with van der Waals surface area (Å²) in [6.07, 6.45) is 1.49. The van der Waals surface area contributed by atoms with Gasteiger partial charge in [-0.3, -0.25) is 9.10 Å². The maximum absolute atomic E-state index is 13.5. The SMILES string of the molecule is C=CCN(c1ccc(Cl)cc1)S(=O)(=O)c1ccc(Cl)c(C(=O)N2CCOCC2(C)C)c1. The lowest BCUT2D eigenvalue weighted by Gasteiger charge is -2.42. The molecule has 31 heavy (non-hydrogen) atoms. The van der Waals surface area contributed by atoms with Gasteiger partial charge in [-0.25, -0.2) is 8.42 Å². The van der Waals surface area contributed by atoms with Crippen LogP contribution in [0.4, 0.5) is 5.69 Å². The Morgan fingerprint density at radius 2 is 1.90 bits per heavy atom. The number of carbonyl (C=O) groups excluding carboxylic acids is 1. The molecule has 0 atom stereocenters. The number of hydrogen-bond acceptors (Lipinski definition) is 4. The molecule has 0 radical (unpaired) electrons. The molecule has 3 rings (SSSR count). The number of anilines is 1. The minimum atomic E-state index is -4.00. The first-order valence-electron chi connectivity index (χ1n) is 9.66. The summed E-state index contributed by atoms with van der Waals surface area (Å²) in [7, 11) is -4.00. The quantitative estimate of drug-likeness (QED) is 0.563. The molecule has 1 amide bonds. The molecule has 9 heteroatoms. The Kier molecular flexibility index (Phi) is 7.01. The molecular formula is C22H24Cl2N2O4S. The van der Waals surface area contributed by atoms with Crippen molar-refractivity contribution in [1.82, 2.24) is 4.90 Å². The van der Waals surface area contributed by atoms with E-state index in [1.54, 1.807) is 29.2 Å². The lowest BCUT2D eigenvalue weighted by molar-refractivity contribution is -0.0370. The number of carbonyl (C=O) groups is 1. The van der Waals surface area contributed by atoms with E-state index < -0.39 is 15.6 Å². The molecular weight excluding hydrogens is 459 g/mol. The van der Waals surface area contributed by atoms with Crippen LogP contribution in [0.5, 0.6) is 0 Å². The molecule has 2 aromatic rings. The Balaban J connectivity index is 2.03.